The van der Waals surface area contributed by atoms with Crippen molar-refractivity contribution in [1.29, 1.82) is 0 Å². The summed E-state index contributed by atoms with van der Waals surface area (Å²) in [5.41, 5.74) is 6.70. The fraction of sp³-hybridized carbons (Fsp3) is 0.333. The van der Waals surface area contributed by atoms with Crippen LogP contribution in [0, 0.1) is 6.92 Å². The molecule has 9 nitrogen and oxygen atoms in total. The van der Waals surface area contributed by atoms with Gasteiger partial charge in [0, 0.05) is 0 Å². The SMILES string of the molecule is CCCCc1nc(C)n2[nH]c(=O)nc2c1Cc1ccc(-c2ccccc2-c2nnn[n]2[Sn]([CH3])([CH3])[CH3])cc1. The van der Waals surface area contributed by atoms with E-state index >= 15 is 0 Å². The van der Waals surface area contributed by atoms with Gasteiger partial charge < -0.3 is 0 Å². The number of benzene rings is 2. The summed E-state index contributed by atoms with van der Waals surface area (Å²) in [6.07, 6.45) is 3.63. The molecule has 0 saturated carbocycles. The summed E-state index contributed by atoms with van der Waals surface area (Å²) < 4.78 is 3.77. The number of aryl methyl sites for hydroxylation is 2. The van der Waals surface area contributed by atoms with E-state index in [4.69, 9.17) is 4.98 Å². The Bertz CT molecular complexity index is 1610. The van der Waals surface area contributed by atoms with E-state index in [1.54, 1.807) is 4.52 Å². The quantitative estimate of drug-likeness (QED) is 0.259. The van der Waals surface area contributed by atoms with Gasteiger partial charge in [-0.2, -0.15) is 0 Å². The number of aromatic nitrogens is 8. The fourth-order valence-electron chi connectivity index (χ4n) is 4.67. The molecule has 3 aromatic heterocycles. The van der Waals surface area contributed by atoms with Gasteiger partial charge in [0.15, 0.2) is 0 Å². The minimum absolute atomic E-state index is 0.354. The summed E-state index contributed by atoms with van der Waals surface area (Å²) in [5.74, 6) is 1.58. The van der Waals surface area contributed by atoms with Crippen LogP contribution in [0.25, 0.3) is 28.2 Å². The molecule has 2 aromatic carbocycles. The van der Waals surface area contributed by atoms with E-state index in [0.717, 1.165) is 64.4 Å². The van der Waals surface area contributed by atoms with E-state index in [1.807, 2.05) is 19.1 Å². The van der Waals surface area contributed by atoms with E-state index in [1.165, 1.54) is 0 Å². The van der Waals surface area contributed by atoms with E-state index in [0.29, 0.717) is 12.1 Å². The summed E-state index contributed by atoms with van der Waals surface area (Å²) in [6.45, 7) is 4.07. The number of tetrazole rings is 1. The zero-order valence-electron chi connectivity index (χ0n) is 22.0. The second-order valence-electron chi connectivity index (χ2n) is 10.4. The molecule has 5 aromatic rings. The third-order valence-electron chi connectivity index (χ3n) is 6.55. The summed E-state index contributed by atoms with van der Waals surface area (Å²) in [7, 11) is 0. The molecule has 0 aliphatic carbocycles. The Labute approximate surface area is 220 Å². The van der Waals surface area contributed by atoms with Crippen molar-refractivity contribution < 1.29 is 0 Å². The van der Waals surface area contributed by atoms with Crippen molar-refractivity contribution in [2.24, 2.45) is 0 Å². The van der Waals surface area contributed by atoms with Crippen molar-refractivity contribution in [3.8, 4) is 22.5 Å². The van der Waals surface area contributed by atoms with Crippen LogP contribution < -0.4 is 5.69 Å². The third kappa shape index (κ3) is 5.09. The molecule has 0 saturated heterocycles. The molecular weight excluding hydrogens is 571 g/mol. The topological polar surface area (TPSA) is 107 Å². The van der Waals surface area contributed by atoms with Crippen LogP contribution in [0.4, 0.5) is 0 Å². The maximum absolute atomic E-state index is 12.1. The van der Waals surface area contributed by atoms with E-state index < -0.39 is 18.7 Å². The van der Waals surface area contributed by atoms with Gasteiger partial charge in [0.2, 0.25) is 0 Å². The monoisotopic (exact) mass is 604 g/mol. The molecule has 1 N–H and O–H groups in total. The molecule has 0 aliphatic rings. The second kappa shape index (κ2) is 10.2. The van der Waals surface area contributed by atoms with Gasteiger partial charge in [-0.3, -0.25) is 0 Å². The standard InChI is InChI=1S/C24H24N8O.3CH3.Sn/c1-3-4-9-21-20(23-26-24(33)29-32(23)15(2)25-21)14-16-10-12-17(13-11-16)18-7-5-6-8-19(18)22-27-30-31-28-22;;;;/h5-8,10-13H,3-4,9,14H2,1-2H3,(H2,27,28,29,30,31,33);3*1H3;/q;;;;+1/p-1. The van der Waals surface area contributed by atoms with Crippen molar-refractivity contribution in [1.82, 2.24) is 38.0 Å². The number of nitrogens with zero attached hydrogens (tertiary/aromatic N) is 7. The molecule has 0 spiro atoms. The van der Waals surface area contributed by atoms with Crippen LogP contribution in [0.15, 0.2) is 53.3 Å². The molecule has 0 atom stereocenters. The van der Waals surface area contributed by atoms with Crippen LogP contribution in [0.2, 0.25) is 14.8 Å². The molecule has 0 aliphatic heterocycles. The van der Waals surface area contributed by atoms with Gasteiger partial charge in [-0.1, -0.05) is 13.3 Å². The van der Waals surface area contributed by atoms with Gasteiger partial charge in [0.1, 0.15) is 5.82 Å². The number of H-pyrrole nitrogens is 1. The van der Waals surface area contributed by atoms with Crippen molar-refractivity contribution >= 4 is 24.3 Å². The Morgan fingerprint density at radius 2 is 1.70 bits per heavy atom. The van der Waals surface area contributed by atoms with E-state index in [9.17, 15) is 4.79 Å². The first-order valence-electron chi connectivity index (χ1n) is 12.7. The van der Waals surface area contributed by atoms with Gasteiger partial charge in [-0.15, -0.1) is 0 Å². The van der Waals surface area contributed by atoms with Gasteiger partial charge in [-0.25, -0.2) is 9.89 Å². The van der Waals surface area contributed by atoms with Crippen LogP contribution >= 0.6 is 0 Å². The van der Waals surface area contributed by atoms with Gasteiger partial charge in [0.25, 0.3) is 0 Å². The van der Waals surface area contributed by atoms with Crippen LogP contribution in [-0.2, 0) is 12.8 Å². The molecule has 0 radical (unpaired) electrons. The summed E-state index contributed by atoms with van der Waals surface area (Å²) in [6, 6.07) is 16.9. The molecule has 0 amide bonds. The van der Waals surface area contributed by atoms with E-state index in [-0.39, 0.29) is 5.69 Å². The Balaban J connectivity index is 1.51. The van der Waals surface area contributed by atoms with Gasteiger partial charge in [-0.05, 0) is 13.3 Å². The zero-order chi connectivity index (χ0) is 26.2. The number of hydrogen-bond donors (Lipinski definition) is 1. The molecule has 0 fully saturated rings. The van der Waals surface area contributed by atoms with E-state index in [2.05, 4.69) is 86.7 Å². The number of nitrogens with one attached hydrogen (secondary N) is 1. The molecule has 5 rings (SSSR count). The predicted molar refractivity (Wildman–Crippen MR) is 147 cm³/mol. The Hall–Kier alpha value is -3.34. The van der Waals surface area contributed by atoms with Gasteiger partial charge >= 0.3 is 178 Å². The molecular formula is C27H32N8OSn. The molecule has 190 valence electrons. The Morgan fingerprint density at radius 1 is 0.973 bits per heavy atom. The first-order valence-corrected chi connectivity index (χ1v) is 22.5. The summed E-state index contributed by atoms with van der Waals surface area (Å²) >= 11 is -2.57. The van der Waals surface area contributed by atoms with Crippen LogP contribution in [0.1, 0.15) is 42.4 Å². The predicted octanol–water partition coefficient (Wildman–Crippen LogP) is 4.66. The summed E-state index contributed by atoms with van der Waals surface area (Å²) in [5, 5.41) is 15.5. The summed E-state index contributed by atoms with van der Waals surface area (Å²) in [4.78, 5) is 28.0. The number of fused-ring (bicyclic) bond motifs is 1. The number of aromatic amines is 1. The minimum atomic E-state index is -2.57. The number of rotatable bonds is 8. The third-order valence-corrected chi connectivity index (χ3v) is 11.0. The van der Waals surface area contributed by atoms with Crippen molar-refractivity contribution in [3.63, 3.8) is 0 Å². The average Bonchev–Trinajstić information content (AvgIpc) is 3.52. The van der Waals surface area contributed by atoms with Crippen LogP contribution in [0.5, 0.6) is 0 Å². The molecule has 37 heavy (non-hydrogen) atoms. The number of unbranched alkanes of at least 4 members (excludes halogenated alkanes) is 1. The molecule has 3 heterocycles. The fourth-order valence-corrected chi connectivity index (χ4v) is 7.84. The van der Waals surface area contributed by atoms with Crippen molar-refractivity contribution in [3.05, 3.63) is 81.7 Å². The first kappa shape index (κ1) is 25.3. The van der Waals surface area contributed by atoms with Crippen LogP contribution in [-0.4, -0.2) is 56.7 Å². The zero-order valence-corrected chi connectivity index (χ0v) is 24.8. The van der Waals surface area contributed by atoms with Crippen molar-refractivity contribution in [2.75, 3.05) is 0 Å². The first-order chi connectivity index (χ1) is 17.8. The average molecular weight is 603 g/mol. The molecule has 10 heteroatoms. The molecule has 0 unspecified atom stereocenters. The Morgan fingerprint density at radius 3 is 2.41 bits per heavy atom. The van der Waals surface area contributed by atoms with Crippen molar-refractivity contribution in [2.45, 2.75) is 54.3 Å². The maximum atomic E-state index is 12.1. The van der Waals surface area contributed by atoms with Gasteiger partial charge in [0.05, 0.1) is 0 Å². The Kier molecular flexibility index (Phi) is 6.98. The van der Waals surface area contributed by atoms with Crippen LogP contribution in [0.3, 0.4) is 0 Å². The normalized spacial score (nSPS) is 11.9. The molecule has 0 bridgehead atoms. The number of hydrogen-bond acceptors (Lipinski definition) is 6. The second-order valence-corrected chi connectivity index (χ2v) is 24.0.